The second-order valence-electron chi connectivity index (χ2n) is 4.13. The van der Waals surface area contributed by atoms with E-state index in [0.29, 0.717) is 5.56 Å². The zero-order valence-electron chi connectivity index (χ0n) is 10.2. The van der Waals surface area contributed by atoms with Gasteiger partial charge in [-0.1, -0.05) is 41.9 Å². The van der Waals surface area contributed by atoms with Gasteiger partial charge in [0.15, 0.2) is 5.78 Å². The van der Waals surface area contributed by atoms with E-state index in [0.717, 1.165) is 11.1 Å². The van der Waals surface area contributed by atoms with Crippen LogP contribution >= 0.6 is 11.6 Å². The standard InChI is InChI=1S/C15H11ClO3/c1-9(17)10-2-4-11(5-3-10)12-6-7-13(15(18)19)14(16)8-12/h2-8H,1H3,(H,18,19). The monoisotopic (exact) mass is 274 g/mol. The van der Waals surface area contributed by atoms with E-state index in [2.05, 4.69) is 0 Å². The minimum atomic E-state index is -1.05. The van der Waals surface area contributed by atoms with Crippen LogP contribution < -0.4 is 0 Å². The molecule has 0 heterocycles. The zero-order valence-corrected chi connectivity index (χ0v) is 10.9. The average Bonchev–Trinajstić information content (AvgIpc) is 2.38. The fraction of sp³-hybridized carbons (Fsp3) is 0.0667. The summed E-state index contributed by atoms with van der Waals surface area (Å²) in [6.45, 7) is 1.51. The Morgan fingerprint density at radius 3 is 2.05 bits per heavy atom. The van der Waals surface area contributed by atoms with E-state index in [1.54, 1.807) is 24.3 Å². The molecule has 0 saturated carbocycles. The first-order valence-corrected chi connectivity index (χ1v) is 6.01. The highest BCUT2D eigenvalue weighted by Crippen LogP contribution is 2.26. The van der Waals surface area contributed by atoms with Crippen LogP contribution in [0.25, 0.3) is 11.1 Å². The van der Waals surface area contributed by atoms with Crippen LogP contribution in [0.4, 0.5) is 0 Å². The fourth-order valence-electron chi connectivity index (χ4n) is 1.77. The maximum Gasteiger partial charge on any atom is 0.337 e. The minimum absolute atomic E-state index is 0.00538. The SMILES string of the molecule is CC(=O)c1ccc(-c2ccc(C(=O)O)c(Cl)c2)cc1. The van der Waals surface area contributed by atoms with Crippen LogP contribution in [-0.2, 0) is 0 Å². The number of carbonyl (C=O) groups is 2. The molecule has 96 valence electrons. The van der Waals surface area contributed by atoms with Crippen LogP contribution in [-0.4, -0.2) is 16.9 Å². The zero-order chi connectivity index (χ0) is 14.0. The van der Waals surface area contributed by atoms with Crippen molar-refractivity contribution >= 4 is 23.4 Å². The van der Waals surface area contributed by atoms with Gasteiger partial charge in [-0.15, -0.1) is 0 Å². The van der Waals surface area contributed by atoms with E-state index in [4.69, 9.17) is 16.7 Å². The molecule has 0 fully saturated rings. The molecule has 0 bridgehead atoms. The van der Waals surface area contributed by atoms with Crippen molar-refractivity contribution < 1.29 is 14.7 Å². The largest absolute Gasteiger partial charge is 0.478 e. The van der Waals surface area contributed by atoms with Gasteiger partial charge in [-0.05, 0) is 30.2 Å². The molecule has 2 aromatic carbocycles. The first-order chi connectivity index (χ1) is 8.99. The molecule has 3 nitrogen and oxygen atoms in total. The molecule has 1 N–H and O–H groups in total. The number of carboxylic acid groups (broad SMARTS) is 1. The van der Waals surface area contributed by atoms with E-state index in [9.17, 15) is 9.59 Å². The lowest BCUT2D eigenvalue weighted by Gasteiger charge is -2.05. The number of hydrogen-bond donors (Lipinski definition) is 1. The normalized spacial score (nSPS) is 10.2. The van der Waals surface area contributed by atoms with E-state index in [1.165, 1.54) is 13.0 Å². The first kappa shape index (κ1) is 13.3. The Hall–Kier alpha value is -2.13. The molecule has 4 heteroatoms. The summed E-state index contributed by atoms with van der Waals surface area (Å²) < 4.78 is 0. The summed E-state index contributed by atoms with van der Waals surface area (Å²) in [6.07, 6.45) is 0. The van der Waals surface area contributed by atoms with Gasteiger partial charge in [0.05, 0.1) is 10.6 Å². The molecule has 0 atom stereocenters. The summed E-state index contributed by atoms with van der Waals surface area (Å²) in [6, 6.07) is 11.9. The molecule has 0 radical (unpaired) electrons. The lowest BCUT2D eigenvalue weighted by Crippen LogP contribution is -1.97. The van der Waals surface area contributed by atoms with Gasteiger partial charge in [-0.25, -0.2) is 4.79 Å². The van der Waals surface area contributed by atoms with Crippen molar-refractivity contribution in [3.8, 4) is 11.1 Å². The Morgan fingerprint density at radius 2 is 1.58 bits per heavy atom. The van der Waals surface area contributed by atoms with Crippen molar-refractivity contribution in [3.63, 3.8) is 0 Å². The third-order valence-electron chi connectivity index (χ3n) is 2.82. The maximum atomic E-state index is 11.2. The third kappa shape index (κ3) is 2.83. The topological polar surface area (TPSA) is 54.4 Å². The van der Waals surface area contributed by atoms with Crippen LogP contribution in [0.3, 0.4) is 0 Å². The molecular formula is C15H11ClO3. The van der Waals surface area contributed by atoms with Gasteiger partial charge in [-0.2, -0.15) is 0 Å². The summed E-state index contributed by atoms with van der Waals surface area (Å²) in [5.74, 6) is -1.05. The Labute approximate surface area is 115 Å². The number of carbonyl (C=O) groups excluding carboxylic acids is 1. The molecule has 19 heavy (non-hydrogen) atoms. The van der Waals surface area contributed by atoms with Gasteiger partial charge in [-0.3, -0.25) is 4.79 Å². The molecule has 0 amide bonds. The van der Waals surface area contributed by atoms with E-state index in [1.807, 2.05) is 12.1 Å². The third-order valence-corrected chi connectivity index (χ3v) is 3.14. The maximum absolute atomic E-state index is 11.2. The number of benzene rings is 2. The Balaban J connectivity index is 2.39. The Kier molecular flexibility index (Phi) is 3.67. The van der Waals surface area contributed by atoms with Crippen LogP contribution in [0.15, 0.2) is 42.5 Å². The number of aromatic carboxylic acids is 1. The van der Waals surface area contributed by atoms with Crippen LogP contribution in [0, 0.1) is 0 Å². The smallest absolute Gasteiger partial charge is 0.337 e. The molecule has 0 aliphatic heterocycles. The predicted molar refractivity (Wildman–Crippen MR) is 73.9 cm³/mol. The van der Waals surface area contributed by atoms with Crippen molar-refractivity contribution in [2.24, 2.45) is 0 Å². The minimum Gasteiger partial charge on any atom is -0.478 e. The quantitative estimate of drug-likeness (QED) is 0.864. The van der Waals surface area contributed by atoms with E-state index in [-0.39, 0.29) is 16.4 Å². The second-order valence-corrected chi connectivity index (χ2v) is 4.54. The first-order valence-electron chi connectivity index (χ1n) is 5.63. The summed E-state index contributed by atoms with van der Waals surface area (Å²) in [7, 11) is 0. The predicted octanol–water partition coefficient (Wildman–Crippen LogP) is 3.91. The van der Waals surface area contributed by atoms with E-state index < -0.39 is 5.97 Å². The van der Waals surface area contributed by atoms with E-state index >= 15 is 0 Å². The van der Waals surface area contributed by atoms with Gasteiger partial charge >= 0.3 is 5.97 Å². The molecule has 2 aromatic rings. The number of hydrogen-bond acceptors (Lipinski definition) is 2. The number of carboxylic acids is 1. The lowest BCUT2D eigenvalue weighted by molar-refractivity contribution is 0.0697. The average molecular weight is 275 g/mol. The number of halogens is 1. The van der Waals surface area contributed by atoms with Crippen LogP contribution in [0.1, 0.15) is 27.6 Å². The van der Waals surface area contributed by atoms with Crippen molar-refractivity contribution in [2.45, 2.75) is 6.92 Å². The van der Waals surface area contributed by atoms with Crippen molar-refractivity contribution in [1.29, 1.82) is 0 Å². The van der Waals surface area contributed by atoms with Crippen molar-refractivity contribution in [3.05, 3.63) is 58.6 Å². The molecule has 0 unspecified atom stereocenters. The van der Waals surface area contributed by atoms with Gasteiger partial charge < -0.3 is 5.11 Å². The Bertz CT molecular complexity index is 645. The highest BCUT2D eigenvalue weighted by atomic mass is 35.5. The van der Waals surface area contributed by atoms with Crippen LogP contribution in [0.5, 0.6) is 0 Å². The lowest BCUT2D eigenvalue weighted by atomic mass is 10.0. The highest BCUT2D eigenvalue weighted by molar-refractivity contribution is 6.33. The molecule has 0 aliphatic rings. The highest BCUT2D eigenvalue weighted by Gasteiger charge is 2.09. The van der Waals surface area contributed by atoms with Crippen molar-refractivity contribution in [1.82, 2.24) is 0 Å². The van der Waals surface area contributed by atoms with Gasteiger partial charge in [0.2, 0.25) is 0 Å². The molecular weight excluding hydrogens is 264 g/mol. The molecule has 2 rings (SSSR count). The summed E-state index contributed by atoms with van der Waals surface area (Å²) in [5.41, 5.74) is 2.40. The fourth-order valence-corrected chi connectivity index (χ4v) is 2.03. The molecule has 0 aromatic heterocycles. The summed E-state index contributed by atoms with van der Waals surface area (Å²) >= 11 is 5.92. The van der Waals surface area contributed by atoms with Crippen LogP contribution in [0.2, 0.25) is 5.02 Å². The molecule has 0 saturated heterocycles. The van der Waals surface area contributed by atoms with Gasteiger partial charge in [0.25, 0.3) is 0 Å². The van der Waals surface area contributed by atoms with Gasteiger partial charge in [0, 0.05) is 5.56 Å². The van der Waals surface area contributed by atoms with Gasteiger partial charge in [0.1, 0.15) is 0 Å². The summed E-state index contributed by atoms with van der Waals surface area (Å²) in [5, 5.41) is 9.10. The van der Waals surface area contributed by atoms with Crippen molar-refractivity contribution in [2.75, 3.05) is 0 Å². The molecule has 0 spiro atoms. The Morgan fingerprint density at radius 1 is 1.00 bits per heavy atom. The number of rotatable bonds is 3. The second kappa shape index (κ2) is 5.24. The summed E-state index contributed by atoms with van der Waals surface area (Å²) in [4.78, 5) is 22.0. The molecule has 0 aliphatic carbocycles. The number of ketones is 1. The number of Topliss-reactive ketones (excluding diaryl/α,β-unsaturated/α-hetero) is 1.